The second-order valence-corrected chi connectivity index (χ2v) is 4.63. The van der Waals surface area contributed by atoms with Crippen LogP contribution in [-0.4, -0.2) is 28.3 Å². The lowest BCUT2D eigenvalue weighted by atomic mass is 10.2. The molecule has 16 heavy (non-hydrogen) atoms. The van der Waals surface area contributed by atoms with Crippen LogP contribution < -0.4 is 0 Å². The molecule has 0 unspecified atom stereocenters. The normalized spacial score (nSPS) is 10.1. The second-order valence-electron chi connectivity index (χ2n) is 2.92. The highest BCUT2D eigenvalue weighted by Crippen LogP contribution is 2.33. The Morgan fingerprint density at radius 2 is 2.31 bits per heavy atom. The first-order valence-electron chi connectivity index (χ1n) is 4.44. The van der Waals surface area contributed by atoms with E-state index in [2.05, 4.69) is 6.72 Å². The summed E-state index contributed by atoms with van der Waals surface area (Å²) in [4.78, 5) is 11.5. The SMILES string of the molecule is C=[N+]([O-])c1cc(C(=O)O)c(SCC)cc1Cl. The summed E-state index contributed by atoms with van der Waals surface area (Å²) >= 11 is 7.21. The Kier molecular flexibility index (Phi) is 4.20. The van der Waals surface area contributed by atoms with E-state index in [9.17, 15) is 10.0 Å². The van der Waals surface area contributed by atoms with Crippen LogP contribution in [0.4, 0.5) is 5.69 Å². The van der Waals surface area contributed by atoms with Crippen molar-refractivity contribution < 1.29 is 14.6 Å². The van der Waals surface area contributed by atoms with Crippen LogP contribution in [0.2, 0.25) is 5.02 Å². The highest BCUT2D eigenvalue weighted by atomic mass is 35.5. The minimum atomic E-state index is -1.09. The molecular formula is C10H10ClNO3S. The Labute approximate surface area is 102 Å². The molecule has 0 aliphatic rings. The molecule has 0 radical (unpaired) electrons. The Morgan fingerprint density at radius 1 is 1.69 bits per heavy atom. The number of benzene rings is 1. The maximum atomic E-state index is 11.0. The van der Waals surface area contributed by atoms with Gasteiger partial charge >= 0.3 is 5.97 Å². The molecule has 1 aromatic rings. The van der Waals surface area contributed by atoms with Crippen LogP contribution in [0.3, 0.4) is 0 Å². The van der Waals surface area contributed by atoms with Crippen LogP contribution in [0.1, 0.15) is 17.3 Å². The molecule has 0 spiro atoms. The zero-order valence-corrected chi connectivity index (χ0v) is 10.1. The van der Waals surface area contributed by atoms with Crippen molar-refractivity contribution in [1.29, 1.82) is 0 Å². The molecule has 0 saturated carbocycles. The Balaban J connectivity index is 3.36. The predicted octanol–water partition coefficient (Wildman–Crippen LogP) is 2.99. The lowest BCUT2D eigenvalue weighted by Gasteiger charge is -2.08. The van der Waals surface area contributed by atoms with Gasteiger partial charge in [-0.25, -0.2) is 4.79 Å². The van der Waals surface area contributed by atoms with Gasteiger partial charge in [-0.15, -0.1) is 11.8 Å². The lowest BCUT2D eigenvalue weighted by Crippen LogP contribution is -2.02. The third kappa shape index (κ3) is 2.68. The van der Waals surface area contributed by atoms with Gasteiger partial charge in [0, 0.05) is 11.0 Å². The van der Waals surface area contributed by atoms with Crippen LogP contribution in [0.15, 0.2) is 17.0 Å². The van der Waals surface area contributed by atoms with Gasteiger partial charge in [0.2, 0.25) is 5.69 Å². The highest BCUT2D eigenvalue weighted by molar-refractivity contribution is 7.99. The van der Waals surface area contributed by atoms with Gasteiger partial charge < -0.3 is 10.3 Å². The van der Waals surface area contributed by atoms with Crippen molar-refractivity contribution in [1.82, 2.24) is 0 Å². The molecule has 0 atom stereocenters. The van der Waals surface area contributed by atoms with Crippen LogP contribution in [0, 0.1) is 5.21 Å². The highest BCUT2D eigenvalue weighted by Gasteiger charge is 2.17. The molecule has 4 nitrogen and oxygen atoms in total. The number of carboxylic acids is 1. The number of thioether (sulfide) groups is 1. The van der Waals surface area contributed by atoms with E-state index in [0.717, 1.165) is 5.75 Å². The average molecular weight is 260 g/mol. The summed E-state index contributed by atoms with van der Waals surface area (Å²) < 4.78 is 0.301. The van der Waals surface area contributed by atoms with Gasteiger partial charge in [0.25, 0.3) is 0 Å². The molecule has 1 N–H and O–H groups in total. The number of carboxylic acid groups (broad SMARTS) is 1. The fraction of sp³-hybridized carbons (Fsp3) is 0.200. The molecule has 86 valence electrons. The Bertz CT molecular complexity index is 448. The molecule has 0 saturated heterocycles. The predicted molar refractivity (Wildman–Crippen MR) is 65.2 cm³/mol. The molecule has 0 aliphatic carbocycles. The van der Waals surface area contributed by atoms with E-state index in [4.69, 9.17) is 16.7 Å². The number of rotatable bonds is 4. The zero-order chi connectivity index (χ0) is 12.3. The summed E-state index contributed by atoms with van der Waals surface area (Å²) in [6.45, 7) is 5.04. The minimum Gasteiger partial charge on any atom is -0.619 e. The quantitative estimate of drug-likeness (QED) is 0.297. The zero-order valence-electron chi connectivity index (χ0n) is 8.57. The number of hydrogen-bond donors (Lipinski definition) is 1. The van der Waals surface area contributed by atoms with Crippen molar-refractivity contribution in [2.45, 2.75) is 11.8 Å². The largest absolute Gasteiger partial charge is 0.619 e. The number of halogens is 1. The summed E-state index contributed by atoms with van der Waals surface area (Å²) in [6, 6.07) is 2.72. The maximum Gasteiger partial charge on any atom is 0.337 e. The number of hydrogen-bond acceptors (Lipinski definition) is 3. The van der Waals surface area contributed by atoms with E-state index >= 15 is 0 Å². The van der Waals surface area contributed by atoms with Crippen molar-refractivity contribution in [2.24, 2.45) is 0 Å². The van der Waals surface area contributed by atoms with Gasteiger partial charge in [0.05, 0.1) is 5.56 Å². The van der Waals surface area contributed by atoms with Crippen LogP contribution in [-0.2, 0) is 0 Å². The van der Waals surface area contributed by atoms with Gasteiger partial charge in [-0.3, -0.25) is 0 Å². The van der Waals surface area contributed by atoms with Crippen molar-refractivity contribution in [3.63, 3.8) is 0 Å². The van der Waals surface area contributed by atoms with Crippen molar-refractivity contribution in [3.8, 4) is 0 Å². The van der Waals surface area contributed by atoms with Gasteiger partial charge in [0.15, 0.2) is 0 Å². The molecule has 0 bridgehead atoms. The molecule has 0 aromatic heterocycles. The molecule has 1 aromatic carbocycles. The Hall–Kier alpha value is -1.20. The summed E-state index contributed by atoms with van der Waals surface area (Å²) in [5.74, 6) is -0.364. The van der Waals surface area contributed by atoms with E-state index in [1.165, 1.54) is 23.9 Å². The summed E-state index contributed by atoms with van der Waals surface area (Å²) in [5.41, 5.74) is 0.121. The third-order valence-corrected chi connectivity index (χ3v) is 3.09. The number of nitrogens with zero attached hydrogens (tertiary/aromatic N) is 1. The summed E-state index contributed by atoms with van der Waals surface area (Å²) in [5, 5.41) is 20.2. The minimum absolute atomic E-state index is 0.0551. The average Bonchev–Trinajstić information content (AvgIpc) is 2.17. The van der Waals surface area contributed by atoms with E-state index in [1.807, 2.05) is 6.92 Å². The molecule has 0 aliphatic heterocycles. The summed E-state index contributed by atoms with van der Waals surface area (Å²) in [7, 11) is 0. The molecule has 0 amide bonds. The number of carbonyl (C=O) groups is 1. The molecule has 0 fully saturated rings. The van der Waals surface area contributed by atoms with E-state index < -0.39 is 5.97 Å². The van der Waals surface area contributed by atoms with E-state index in [1.54, 1.807) is 0 Å². The fourth-order valence-corrected chi connectivity index (χ4v) is 2.31. The van der Waals surface area contributed by atoms with E-state index in [-0.39, 0.29) is 16.3 Å². The Morgan fingerprint density at radius 3 is 2.75 bits per heavy atom. The van der Waals surface area contributed by atoms with Gasteiger partial charge in [-0.1, -0.05) is 18.5 Å². The maximum absolute atomic E-state index is 11.0. The monoisotopic (exact) mass is 259 g/mol. The molecule has 6 heteroatoms. The number of aromatic carboxylic acids is 1. The van der Waals surface area contributed by atoms with Crippen molar-refractivity contribution in [3.05, 3.63) is 27.9 Å². The lowest BCUT2D eigenvalue weighted by molar-refractivity contribution is -0.349. The second kappa shape index (κ2) is 5.23. The first-order chi connectivity index (χ1) is 7.47. The van der Waals surface area contributed by atoms with Gasteiger partial charge in [-0.2, -0.15) is 4.74 Å². The standard InChI is InChI=1S/C10H10ClNO3S/c1-3-16-9-5-7(11)8(12(2)15)4-6(9)10(13)14/h4-5H,2-3H2,1H3,(H,13,14). The van der Waals surface area contributed by atoms with Gasteiger partial charge in [-0.05, 0) is 11.8 Å². The van der Waals surface area contributed by atoms with Gasteiger partial charge in [0.1, 0.15) is 11.7 Å². The smallest absolute Gasteiger partial charge is 0.337 e. The van der Waals surface area contributed by atoms with Crippen molar-refractivity contribution >= 4 is 41.7 Å². The third-order valence-electron chi connectivity index (χ3n) is 1.85. The fourth-order valence-electron chi connectivity index (χ4n) is 1.18. The topological polar surface area (TPSA) is 63.4 Å². The van der Waals surface area contributed by atoms with Crippen molar-refractivity contribution in [2.75, 3.05) is 5.75 Å². The summed E-state index contributed by atoms with van der Waals surface area (Å²) in [6.07, 6.45) is 0. The van der Waals surface area contributed by atoms with Crippen LogP contribution in [0.25, 0.3) is 0 Å². The van der Waals surface area contributed by atoms with Crippen LogP contribution >= 0.6 is 23.4 Å². The van der Waals surface area contributed by atoms with Crippen LogP contribution in [0.5, 0.6) is 0 Å². The molecule has 1 rings (SSSR count). The molecule has 0 heterocycles. The molecular weight excluding hydrogens is 250 g/mol. The first kappa shape index (κ1) is 12.9. The first-order valence-corrected chi connectivity index (χ1v) is 5.81. The van der Waals surface area contributed by atoms with E-state index in [0.29, 0.717) is 9.63 Å².